The average Bonchev–Trinajstić information content (AvgIpc) is 3.42. The van der Waals surface area contributed by atoms with Gasteiger partial charge in [-0.05, 0) is 68.2 Å². The molecule has 0 saturated heterocycles. The van der Waals surface area contributed by atoms with Crippen molar-refractivity contribution in [1.82, 2.24) is 0 Å². The number of anilines is 2. The number of nitrogens with one attached hydrogen (secondary N) is 1. The number of para-hydroxylation sites is 1. The minimum atomic E-state index is -0.0895. The summed E-state index contributed by atoms with van der Waals surface area (Å²) in [4.78, 5) is 21.6. The fourth-order valence-corrected chi connectivity index (χ4v) is 5.86. The lowest BCUT2D eigenvalue weighted by Crippen LogP contribution is -2.27. The van der Waals surface area contributed by atoms with E-state index in [1.54, 1.807) is 17.6 Å². The van der Waals surface area contributed by atoms with Crippen LogP contribution in [0.5, 0.6) is 0 Å². The molecule has 2 heterocycles. The number of carbonyl (C=O) groups excluding carboxylic acids is 1. The molecule has 0 aliphatic heterocycles. The van der Waals surface area contributed by atoms with Crippen molar-refractivity contribution in [3.8, 4) is 0 Å². The molecule has 5 nitrogen and oxygen atoms in total. The first-order valence-electron chi connectivity index (χ1n) is 12.2. The summed E-state index contributed by atoms with van der Waals surface area (Å²) in [5, 5.41) is 3.83. The van der Waals surface area contributed by atoms with Crippen LogP contribution in [0.15, 0.2) is 51.9 Å². The van der Waals surface area contributed by atoms with Gasteiger partial charge in [0, 0.05) is 29.7 Å². The second-order valence-corrected chi connectivity index (χ2v) is 11.0. The maximum absolute atomic E-state index is 13.4. The number of rotatable bonds is 7. The van der Waals surface area contributed by atoms with Gasteiger partial charge in [0.15, 0.2) is 5.88 Å². The summed E-state index contributed by atoms with van der Waals surface area (Å²) in [7, 11) is 0. The third-order valence-corrected chi connectivity index (χ3v) is 7.89. The van der Waals surface area contributed by atoms with Crippen LogP contribution in [0.3, 0.4) is 0 Å². The summed E-state index contributed by atoms with van der Waals surface area (Å²) in [6.07, 6.45) is 4.74. The third kappa shape index (κ3) is 5.27. The average molecular weight is 478 g/mol. The van der Waals surface area contributed by atoms with Gasteiger partial charge in [0.25, 0.3) is 5.91 Å². The Labute approximate surface area is 206 Å². The van der Waals surface area contributed by atoms with E-state index in [-0.39, 0.29) is 11.3 Å². The standard InChI is InChI=1S/C28H35N3O2S/c1-6-31(7-2)24-16-14-21(33-24)18-29-27-25(26(32)30-20-11-9-8-10-12-20)22-15-13-19(28(3,4)5)17-23(22)34-27/h8-12,14,16,18-19H,6-7,13,15,17H2,1-5H3,(H,30,32)/t19-/m0/s1. The molecule has 4 rings (SSSR count). The van der Waals surface area contributed by atoms with Gasteiger partial charge in [0.05, 0.1) is 11.8 Å². The Hall–Kier alpha value is -2.86. The molecule has 0 radical (unpaired) electrons. The Morgan fingerprint density at radius 2 is 1.91 bits per heavy atom. The fourth-order valence-electron chi connectivity index (χ4n) is 4.59. The maximum atomic E-state index is 13.4. The highest BCUT2D eigenvalue weighted by Gasteiger charge is 2.33. The predicted molar refractivity (Wildman–Crippen MR) is 143 cm³/mol. The quantitative estimate of drug-likeness (QED) is 0.362. The summed E-state index contributed by atoms with van der Waals surface area (Å²) >= 11 is 1.65. The van der Waals surface area contributed by atoms with Gasteiger partial charge in [-0.15, -0.1) is 11.3 Å². The van der Waals surface area contributed by atoms with Gasteiger partial charge in [-0.1, -0.05) is 39.0 Å². The number of fused-ring (bicyclic) bond motifs is 1. The minimum Gasteiger partial charge on any atom is -0.440 e. The zero-order valence-electron chi connectivity index (χ0n) is 20.9. The number of furan rings is 1. The molecule has 1 atom stereocenters. The van der Waals surface area contributed by atoms with Crippen LogP contribution >= 0.6 is 11.3 Å². The molecule has 0 fully saturated rings. The normalized spacial score (nSPS) is 16.0. The summed E-state index contributed by atoms with van der Waals surface area (Å²) < 4.78 is 5.99. The van der Waals surface area contributed by atoms with Crippen LogP contribution in [0.4, 0.5) is 16.6 Å². The lowest BCUT2D eigenvalue weighted by atomic mass is 9.72. The molecule has 1 N–H and O–H groups in total. The monoisotopic (exact) mass is 477 g/mol. The van der Waals surface area contributed by atoms with Crippen LogP contribution < -0.4 is 10.2 Å². The van der Waals surface area contributed by atoms with Gasteiger partial charge in [-0.25, -0.2) is 4.99 Å². The van der Waals surface area contributed by atoms with Crippen molar-refractivity contribution in [3.05, 3.63) is 64.2 Å². The van der Waals surface area contributed by atoms with Gasteiger partial charge in [0.1, 0.15) is 10.8 Å². The first-order chi connectivity index (χ1) is 16.3. The van der Waals surface area contributed by atoms with Crippen molar-refractivity contribution in [2.24, 2.45) is 16.3 Å². The molecule has 180 valence electrons. The molecule has 0 spiro atoms. The van der Waals surface area contributed by atoms with Gasteiger partial charge in [-0.3, -0.25) is 4.79 Å². The number of benzene rings is 1. The lowest BCUT2D eigenvalue weighted by molar-refractivity contribution is 0.102. The van der Waals surface area contributed by atoms with E-state index in [0.717, 1.165) is 54.5 Å². The fraction of sp³-hybridized carbons (Fsp3) is 0.429. The lowest BCUT2D eigenvalue weighted by Gasteiger charge is -2.33. The van der Waals surface area contributed by atoms with E-state index in [4.69, 9.17) is 9.41 Å². The summed E-state index contributed by atoms with van der Waals surface area (Å²) in [6.45, 7) is 12.9. The number of nitrogens with zero attached hydrogens (tertiary/aromatic N) is 2. The Balaban J connectivity index is 1.66. The molecule has 3 aromatic rings. The van der Waals surface area contributed by atoms with Crippen LogP contribution in [-0.2, 0) is 12.8 Å². The van der Waals surface area contributed by atoms with E-state index in [2.05, 4.69) is 44.8 Å². The Morgan fingerprint density at radius 3 is 2.59 bits per heavy atom. The van der Waals surface area contributed by atoms with Crippen molar-refractivity contribution in [2.45, 2.75) is 53.9 Å². The van der Waals surface area contributed by atoms with E-state index in [1.807, 2.05) is 42.5 Å². The summed E-state index contributed by atoms with van der Waals surface area (Å²) in [5.74, 6) is 2.04. The van der Waals surface area contributed by atoms with Crippen LogP contribution in [0.1, 0.15) is 67.6 Å². The highest BCUT2D eigenvalue weighted by molar-refractivity contribution is 7.16. The summed E-state index contributed by atoms with van der Waals surface area (Å²) in [6, 6.07) is 13.5. The van der Waals surface area contributed by atoms with Gasteiger partial charge in [-0.2, -0.15) is 0 Å². The van der Waals surface area contributed by atoms with Gasteiger partial charge in [0.2, 0.25) is 0 Å². The largest absolute Gasteiger partial charge is 0.440 e. The minimum absolute atomic E-state index is 0.0895. The van der Waals surface area contributed by atoms with E-state index in [0.29, 0.717) is 17.2 Å². The van der Waals surface area contributed by atoms with Crippen molar-refractivity contribution in [3.63, 3.8) is 0 Å². The van der Waals surface area contributed by atoms with Gasteiger partial charge < -0.3 is 14.6 Å². The maximum Gasteiger partial charge on any atom is 0.259 e. The van der Waals surface area contributed by atoms with E-state index in [1.165, 1.54) is 4.88 Å². The smallest absolute Gasteiger partial charge is 0.259 e. The number of aliphatic imine (C=N–C) groups is 1. The topological polar surface area (TPSA) is 57.8 Å². The first kappa shape index (κ1) is 24.3. The van der Waals surface area contributed by atoms with Crippen molar-refractivity contribution >= 4 is 40.0 Å². The molecule has 0 unspecified atom stereocenters. The number of thiophene rings is 1. The zero-order valence-corrected chi connectivity index (χ0v) is 21.7. The van der Waals surface area contributed by atoms with Crippen LogP contribution in [-0.4, -0.2) is 25.2 Å². The first-order valence-corrected chi connectivity index (χ1v) is 13.0. The van der Waals surface area contributed by atoms with E-state index >= 15 is 0 Å². The molecule has 0 bridgehead atoms. The number of hydrogen-bond acceptors (Lipinski definition) is 5. The highest BCUT2D eigenvalue weighted by Crippen LogP contribution is 2.45. The highest BCUT2D eigenvalue weighted by atomic mass is 32.1. The number of hydrogen-bond donors (Lipinski definition) is 1. The second kappa shape index (κ2) is 10.2. The third-order valence-electron chi connectivity index (χ3n) is 6.73. The van der Waals surface area contributed by atoms with E-state index in [9.17, 15) is 4.79 Å². The Kier molecular flexibility index (Phi) is 7.27. The number of carbonyl (C=O) groups is 1. The van der Waals surface area contributed by atoms with Crippen molar-refractivity contribution in [2.75, 3.05) is 23.3 Å². The Bertz CT molecular complexity index is 1150. The van der Waals surface area contributed by atoms with Crippen molar-refractivity contribution < 1.29 is 9.21 Å². The molecule has 1 aliphatic rings. The molecule has 1 aromatic carbocycles. The van der Waals surface area contributed by atoms with E-state index < -0.39 is 0 Å². The van der Waals surface area contributed by atoms with Crippen molar-refractivity contribution in [1.29, 1.82) is 0 Å². The Morgan fingerprint density at radius 1 is 1.18 bits per heavy atom. The molecule has 2 aromatic heterocycles. The molecule has 1 aliphatic carbocycles. The van der Waals surface area contributed by atoms with Gasteiger partial charge >= 0.3 is 0 Å². The molecular formula is C28H35N3O2S. The molecule has 34 heavy (non-hydrogen) atoms. The zero-order chi connectivity index (χ0) is 24.3. The number of amides is 1. The molecule has 1 amide bonds. The van der Waals surface area contributed by atoms with Crippen LogP contribution in [0.25, 0.3) is 0 Å². The summed E-state index contributed by atoms with van der Waals surface area (Å²) in [5.41, 5.74) is 2.91. The molecule has 0 saturated carbocycles. The van der Waals surface area contributed by atoms with Crippen LogP contribution in [0.2, 0.25) is 0 Å². The second-order valence-electron chi connectivity index (χ2n) is 9.92. The molecule has 6 heteroatoms. The predicted octanol–water partition coefficient (Wildman–Crippen LogP) is 7.34. The van der Waals surface area contributed by atoms with Crippen LogP contribution in [0, 0.1) is 11.3 Å². The SMILES string of the molecule is CCN(CC)c1ccc(C=Nc2sc3c(c2C(=O)Nc2ccccc2)CC[C@H](C(C)(C)C)C3)o1. The molecular weight excluding hydrogens is 442 g/mol.